The Balaban J connectivity index is 2.11. The molecule has 96 valence electrons. The number of hydrogen-bond donors (Lipinski definition) is 0. The third kappa shape index (κ3) is 2.26. The van der Waals surface area contributed by atoms with Crippen molar-refractivity contribution >= 4 is 12.0 Å². The molecule has 1 fully saturated rings. The molecule has 0 atom stereocenters. The van der Waals surface area contributed by atoms with E-state index in [1.807, 2.05) is 30.3 Å². The van der Waals surface area contributed by atoms with Crippen molar-refractivity contribution < 1.29 is 4.79 Å². The summed E-state index contributed by atoms with van der Waals surface area (Å²) in [6.07, 6.45) is 3.45. The van der Waals surface area contributed by atoms with Gasteiger partial charge < -0.3 is 4.90 Å². The van der Waals surface area contributed by atoms with Gasteiger partial charge in [0.15, 0.2) is 6.29 Å². The number of rotatable bonds is 3. The molecule has 0 radical (unpaired) electrons. The Bertz CT molecular complexity index is 585. The third-order valence-corrected chi connectivity index (χ3v) is 3.73. The van der Waals surface area contributed by atoms with Crippen molar-refractivity contribution in [3.63, 3.8) is 0 Å². The summed E-state index contributed by atoms with van der Waals surface area (Å²) in [5.74, 6) is 0. The van der Waals surface area contributed by atoms with Gasteiger partial charge in [-0.1, -0.05) is 42.5 Å². The summed E-state index contributed by atoms with van der Waals surface area (Å²) in [6.45, 7) is 2.22. The lowest BCUT2D eigenvalue weighted by atomic mass is 9.98. The smallest absolute Gasteiger partial charge is 0.150 e. The van der Waals surface area contributed by atoms with Crippen LogP contribution in [0, 0.1) is 0 Å². The summed E-state index contributed by atoms with van der Waals surface area (Å²) >= 11 is 0. The molecule has 1 aliphatic heterocycles. The van der Waals surface area contributed by atoms with Crippen LogP contribution < -0.4 is 4.90 Å². The van der Waals surface area contributed by atoms with Crippen molar-refractivity contribution in [3.05, 3.63) is 54.1 Å². The predicted octanol–water partition coefficient (Wildman–Crippen LogP) is 3.77. The highest BCUT2D eigenvalue weighted by atomic mass is 16.1. The Morgan fingerprint density at radius 3 is 2.21 bits per heavy atom. The highest BCUT2D eigenvalue weighted by molar-refractivity contribution is 5.91. The summed E-state index contributed by atoms with van der Waals surface area (Å²) in [4.78, 5) is 13.6. The van der Waals surface area contributed by atoms with E-state index in [9.17, 15) is 4.79 Å². The van der Waals surface area contributed by atoms with E-state index < -0.39 is 0 Å². The van der Waals surface area contributed by atoms with Gasteiger partial charge in [-0.05, 0) is 24.5 Å². The molecule has 0 N–H and O–H groups in total. The molecule has 2 nitrogen and oxygen atoms in total. The van der Waals surface area contributed by atoms with Gasteiger partial charge in [-0.3, -0.25) is 4.79 Å². The third-order valence-electron chi connectivity index (χ3n) is 3.73. The van der Waals surface area contributed by atoms with Gasteiger partial charge in [-0.15, -0.1) is 0 Å². The highest BCUT2D eigenvalue weighted by Gasteiger charge is 2.17. The van der Waals surface area contributed by atoms with Crippen LogP contribution in [0.15, 0.2) is 48.5 Å². The molecule has 2 aromatic carbocycles. The molecule has 1 aliphatic rings. The predicted molar refractivity (Wildman–Crippen MR) is 78.7 cm³/mol. The molecule has 0 spiro atoms. The van der Waals surface area contributed by atoms with E-state index in [0.717, 1.165) is 36.1 Å². The molecular weight excluding hydrogens is 234 g/mol. The van der Waals surface area contributed by atoms with Crippen molar-refractivity contribution in [3.8, 4) is 11.1 Å². The van der Waals surface area contributed by atoms with Crippen LogP contribution in [0.5, 0.6) is 0 Å². The maximum absolute atomic E-state index is 11.2. The van der Waals surface area contributed by atoms with Crippen LogP contribution in [0.3, 0.4) is 0 Å². The van der Waals surface area contributed by atoms with E-state index in [-0.39, 0.29) is 0 Å². The molecule has 0 aromatic heterocycles. The first kappa shape index (κ1) is 12.0. The number of para-hydroxylation sites is 1. The number of nitrogens with zero attached hydrogens (tertiary/aromatic N) is 1. The Morgan fingerprint density at radius 1 is 0.842 bits per heavy atom. The van der Waals surface area contributed by atoms with E-state index in [4.69, 9.17) is 0 Å². The van der Waals surface area contributed by atoms with Crippen LogP contribution >= 0.6 is 0 Å². The first-order chi connectivity index (χ1) is 9.40. The van der Waals surface area contributed by atoms with Crippen LogP contribution in [-0.2, 0) is 0 Å². The molecular formula is C17H17NO. The average molecular weight is 251 g/mol. The van der Waals surface area contributed by atoms with Crippen LogP contribution in [0.25, 0.3) is 11.1 Å². The second kappa shape index (κ2) is 5.27. The number of carbonyl (C=O) groups excluding carboxylic acids is 1. The molecule has 0 saturated carbocycles. The zero-order chi connectivity index (χ0) is 13.1. The van der Waals surface area contributed by atoms with Crippen LogP contribution in [0.4, 0.5) is 5.69 Å². The van der Waals surface area contributed by atoms with Crippen LogP contribution in [0.1, 0.15) is 23.2 Å². The van der Waals surface area contributed by atoms with Crippen molar-refractivity contribution in [1.29, 1.82) is 0 Å². The molecule has 0 aliphatic carbocycles. The van der Waals surface area contributed by atoms with Gasteiger partial charge in [0.2, 0.25) is 0 Å². The number of anilines is 1. The zero-order valence-electron chi connectivity index (χ0n) is 10.9. The lowest BCUT2D eigenvalue weighted by Gasteiger charge is -2.22. The quantitative estimate of drug-likeness (QED) is 0.774. The minimum absolute atomic E-state index is 0.758. The van der Waals surface area contributed by atoms with Crippen molar-refractivity contribution in [2.75, 3.05) is 18.0 Å². The summed E-state index contributed by atoms with van der Waals surface area (Å²) in [5, 5.41) is 0. The van der Waals surface area contributed by atoms with E-state index in [0.29, 0.717) is 0 Å². The molecule has 1 saturated heterocycles. The Kier molecular flexibility index (Phi) is 3.32. The van der Waals surface area contributed by atoms with Crippen LogP contribution in [0.2, 0.25) is 0 Å². The fourth-order valence-corrected chi connectivity index (χ4v) is 2.78. The largest absolute Gasteiger partial charge is 0.371 e. The number of hydrogen-bond acceptors (Lipinski definition) is 2. The molecule has 2 aromatic rings. The Morgan fingerprint density at radius 2 is 1.47 bits per heavy atom. The lowest BCUT2D eigenvalue weighted by molar-refractivity contribution is 0.112. The summed E-state index contributed by atoms with van der Waals surface area (Å²) in [6, 6.07) is 16.2. The van der Waals surface area contributed by atoms with Gasteiger partial charge in [-0.2, -0.15) is 0 Å². The number of benzene rings is 2. The van der Waals surface area contributed by atoms with Crippen molar-refractivity contribution in [2.45, 2.75) is 12.8 Å². The normalized spacial score (nSPS) is 14.6. The first-order valence-corrected chi connectivity index (χ1v) is 6.79. The van der Waals surface area contributed by atoms with E-state index in [1.54, 1.807) is 0 Å². The number of carbonyl (C=O) groups is 1. The van der Waals surface area contributed by atoms with Gasteiger partial charge in [0, 0.05) is 29.9 Å². The Labute approximate surface area is 113 Å². The molecule has 2 heteroatoms. The monoisotopic (exact) mass is 251 g/mol. The zero-order valence-corrected chi connectivity index (χ0v) is 10.9. The fourth-order valence-electron chi connectivity index (χ4n) is 2.78. The number of aldehydes is 1. The lowest BCUT2D eigenvalue weighted by Crippen LogP contribution is -2.18. The van der Waals surface area contributed by atoms with E-state index in [1.165, 1.54) is 18.5 Å². The summed E-state index contributed by atoms with van der Waals surface area (Å²) in [7, 11) is 0. The minimum atomic E-state index is 0.758. The topological polar surface area (TPSA) is 20.3 Å². The Hall–Kier alpha value is -2.09. The van der Waals surface area contributed by atoms with Gasteiger partial charge in [0.1, 0.15) is 0 Å². The minimum Gasteiger partial charge on any atom is -0.371 e. The van der Waals surface area contributed by atoms with Crippen molar-refractivity contribution in [2.24, 2.45) is 0 Å². The van der Waals surface area contributed by atoms with Crippen LogP contribution in [-0.4, -0.2) is 19.4 Å². The van der Waals surface area contributed by atoms with Crippen molar-refractivity contribution in [1.82, 2.24) is 0 Å². The van der Waals surface area contributed by atoms with Gasteiger partial charge >= 0.3 is 0 Å². The molecule has 0 amide bonds. The summed E-state index contributed by atoms with van der Waals surface area (Å²) < 4.78 is 0. The fraction of sp³-hybridized carbons (Fsp3) is 0.235. The first-order valence-electron chi connectivity index (χ1n) is 6.79. The second-order valence-electron chi connectivity index (χ2n) is 4.92. The highest BCUT2D eigenvalue weighted by Crippen LogP contribution is 2.34. The molecule has 0 unspecified atom stereocenters. The molecule has 0 bridgehead atoms. The van der Waals surface area contributed by atoms with Gasteiger partial charge in [0.25, 0.3) is 0 Å². The van der Waals surface area contributed by atoms with E-state index >= 15 is 0 Å². The summed E-state index contributed by atoms with van der Waals surface area (Å²) in [5.41, 5.74) is 4.19. The molecule has 1 heterocycles. The van der Waals surface area contributed by atoms with E-state index in [2.05, 4.69) is 23.1 Å². The van der Waals surface area contributed by atoms with Gasteiger partial charge in [0.05, 0.1) is 0 Å². The average Bonchev–Trinajstić information content (AvgIpc) is 3.01. The second-order valence-corrected chi connectivity index (χ2v) is 4.92. The maximum atomic E-state index is 11.2. The SMILES string of the molecule is O=Cc1ccccc1-c1ccccc1N1CCCC1. The maximum Gasteiger partial charge on any atom is 0.150 e. The molecule has 3 rings (SSSR count). The molecule has 19 heavy (non-hydrogen) atoms. The standard InChI is InChI=1S/C17H17NO/c19-13-14-7-1-2-8-15(14)16-9-3-4-10-17(16)18-11-5-6-12-18/h1-4,7-10,13H,5-6,11-12H2. The van der Waals surface area contributed by atoms with Gasteiger partial charge in [-0.25, -0.2) is 0 Å².